The summed E-state index contributed by atoms with van der Waals surface area (Å²) in [5, 5.41) is 3.14. The van der Waals surface area contributed by atoms with Crippen molar-refractivity contribution in [1.82, 2.24) is 10.3 Å². The Labute approximate surface area is 113 Å². The van der Waals surface area contributed by atoms with Gasteiger partial charge in [-0.25, -0.2) is 4.98 Å². The summed E-state index contributed by atoms with van der Waals surface area (Å²) < 4.78 is 5.36. The lowest BCUT2D eigenvalue weighted by atomic mass is 10.0. The predicted molar refractivity (Wildman–Crippen MR) is 71.8 cm³/mol. The first-order valence-corrected chi connectivity index (χ1v) is 6.43. The van der Waals surface area contributed by atoms with Crippen LogP contribution in [0, 0.1) is 5.92 Å². The third-order valence-electron chi connectivity index (χ3n) is 2.63. The molecule has 1 atom stereocenters. The first kappa shape index (κ1) is 14.9. The number of amides is 1. The molecule has 100 valence electrons. The number of aromatic nitrogens is 1. The molecule has 1 rings (SSSR count). The van der Waals surface area contributed by atoms with Crippen molar-refractivity contribution in [3.8, 4) is 0 Å². The Morgan fingerprint density at radius 1 is 1.56 bits per heavy atom. The van der Waals surface area contributed by atoms with Crippen LogP contribution < -0.4 is 5.32 Å². The molecule has 1 amide bonds. The van der Waals surface area contributed by atoms with Gasteiger partial charge in [0.05, 0.1) is 18.2 Å². The molecule has 18 heavy (non-hydrogen) atoms. The zero-order valence-corrected chi connectivity index (χ0v) is 11.7. The second-order valence-corrected chi connectivity index (χ2v) is 4.68. The Morgan fingerprint density at radius 2 is 2.28 bits per heavy atom. The molecule has 0 radical (unpaired) electrons. The van der Waals surface area contributed by atoms with Gasteiger partial charge in [-0.1, -0.05) is 25.4 Å². The maximum atomic E-state index is 12.1. The monoisotopic (exact) mass is 270 g/mol. The maximum Gasteiger partial charge on any atom is 0.254 e. The van der Waals surface area contributed by atoms with Crippen LogP contribution in [0.15, 0.2) is 18.3 Å². The standard InChI is InChI=1S/C13H19ClN2O2/c1-4-18-8-11(9(2)3)16-13(17)10-6-5-7-15-12(10)14/h5-7,9,11H,4,8H2,1-3H3,(H,16,17). The van der Waals surface area contributed by atoms with Crippen LogP contribution in [0.2, 0.25) is 5.15 Å². The fourth-order valence-electron chi connectivity index (χ4n) is 1.45. The van der Waals surface area contributed by atoms with Crippen molar-refractivity contribution < 1.29 is 9.53 Å². The van der Waals surface area contributed by atoms with Crippen LogP contribution in [-0.4, -0.2) is 30.1 Å². The third kappa shape index (κ3) is 4.27. The van der Waals surface area contributed by atoms with Gasteiger partial charge < -0.3 is 10.1 Å². The summed E-state index contributed by atoms with van der Waals surface area (Å²) in [4.78, 5) is 15.9. The highest BCUT2D eigenvalue weighted by atomic mass is 35.5. The average molecular weight is 271 g/mol. The first-order valence-electron chi connectivity index (χ1n) is 6.05. The Kier molecular flexibility index (Phi) is 6.09. The van der Waals surface area contributed by atoms with Gasteiger partial charge in [-0.2, -0.15) is 0 Å². The lowest BCUT2D eigenvalue weighted by molar-refractivity contribution is 0.0806. The highest BCUT2D eigenvalue weighted by Gasteiger charge is 2.18. The molecular formula is C13H19ClN2O2. The van der Waals surface area contributed by atoms with E-state index in [1.54, 1.807) is 18.3 Å². The Bertz CT molecular complexity index is 396. The van der Waals surface area contributed by atoms with E-state index in [1.807, 2.05) is 20.8 Å². The zero-order valence-electron chi connectivity index (χ0n) is 10.9. The molecule has 0 bridgehead atoms. The lowest BCUT2D eigenvalue weighted by Crippen LogP contribution is -2.42. The third-order valence-corrected chi connectivity index (χ3v) is 2.93. The van der Waals surface area contributed by atoms with Gasteiger partial charge in [0.1, 0.15) is 5.15 Å². The van der Waals surface area contributed by atoms with E-state index < -0.39 is 0 Å². The van der Waals surface area contributed by atoms with Crippen molar-refractivity contribution in [3.05, 3.63) is 29.0 Å². The van der Waals surface area contributed by atoms with Crippen molar-refractivity contribution in [1.29, 1.82) is 0 Å². The fourth-order valence-corrected chi connectivity index (χ4v) is 1.65. The van der Waals surface area contributed by atoms with Crippen molar-refractivity contribution in [3.63, 3.8) is 0 Å². The molecule has 1 heterocycles. The topological polar surface area (TPSA) is 51.2 Å². The van der Waals surface area contributed by atoms with Crippen LogP contribution in [0.1, 0.15) is 31.1 Å². The average Bonchev–Trinajstić information content (AvgIpc) is 2.34. The molecule has 4 nitrogen and oxygen atoms in total. The van der Waals surface area contributed by atoms with Gasteiger partial charge in [0.25, 0.3) is 5.91 Å². The molecule has 0 aliphatic rings. The minimum absolute atomic E-state index is 0.0336. The number of hydrogen-bond donors (Lipinski definition) is 1. The molecule has 1 aromatic heterocycles. The van der Waals surface area contributed by atoms with Crippen LogP contribution in [-0.2, 0) is 4.74 Å². The number of nitrogens with one attached hydrogen (secondary N) is 1. The maximum absolute atomic E-state index is 12.1. The van der Waals surface area contributed by atoms with E-state index in [-0.39, 0.29) is 23.0 Å². The number of hydrogen-bond acceptors (Lipinski definition) is 3. The molecule has 0 saturated carbocycles. The molecular weight excluding hydrogens is 252 g/mol. The van der Waals surface area contributed by atoms with Crippen molar-refractivity contribution in [2.75, 3.05) is 13.2 Å². The second kappa shape index (κ2) is 7.34. The van der Waals surface area contributed by atoms with Gasteiger partial charge in [-0.15, -0.1) is 0 Å². The van der Waals surface area contributed by atoms with E-state index in [0.29, 0.717) is 18.8 Å². The van der Waals surface area contributed by atoms with Crippen LogP contribution in [0.25, 0.3) is 0 Å². The van der Waals surface area contributed by atoms with Crippen LogP contribution in [0.4, 0.5) is 0 Å². The lowest BCUT2D eigenvalue weighted by Gasteiger charge is -2.22. The molecule has 0 aromatic carbocycles. The van der Waals surface area contributed by atoms with Crippen molar-refractivity contribution in [2.24, 2.45) is 5.92 Å². The molecule has 0 spiro atoms. The molecule has 0 fully saturated rings. The van der Waals surface area contributed by atoms with E-state index in [2.05, 4.69) is 10.3 Å². The highest BCUT2D eigenvalue weighted by molar-refractivity contribution is 6.32. The largest absolute Gasteiger partial charge is 0.380 e. The Balaban J connectivity index is 2.69. The molecule has 1 aromatic rings. The van der Waals surface area contributed by atoms with Gasteiger partial charge >= 0.3 is 0 Å². The SMILES string of the molecule is CCOCC(NC(=O)c1cccnc1Cl)C(C)C. The van der Waals surface area contributed by atoms with E-state index in [1.165, 1.54) is 0 Å². The summed E-state index contributed by atoms with van der Waals surface area (Å²) in [6.45, 7) is 7.13. The smallest absolute Gasteiger partial charge is 0.254 e. The number of nitrogens with zero attached hydrogens (tertiary/aromatic N) is 1. The zero-order chi connectivity index (χ0) is 13.5. The van der Waals surface area contributed by atoms with E-state index in [4.69, 9.17) is 16.3 Å². The van der Waals surface area contributed by atoms with E-state index >= 15 is 0 Å². The summed E-state index contributed by atoms with van der Waals surface area (Å²) in [7, 11) is 0. The summed E-state index contributed by atoms with van der Waals surface area (Å²) in [6.07, 6.45) is 1.55. The van der Waals surface area contributed by atoms with Crippen LogP contribution in [0.3, 0.4) is 0 Å². The van der Waals surface area contributed by atoms with Gasteiger partial charge in [0.15, 0.2) is 0 Å². The Morgan fingerprint density at radius 3 is 2.83 bits per heavy atom. The molecule has 1 unspecified atom stereocenters. The minimum Gasteiger partial charge on any atom is -0.380 e. The number of ether oxygens (including phenoxy) is 1. The van der Waals surface area contributed by atoms with E-state index in [0.717, 1.165) is 0 Å². The fraction of sp³-hybridized carbons (Fsp3) is 0.538. The number of pyridine rings is 1. The van der Waals surface area contributed by atoms with Crippen LogP contribution in [0.5, 0.6) is 0 Å². The first-order chi connectivity index (χ1) is 8.56. The summed E-state index contributed by atoms with van der Waals surface area (Å²) in [6, 6.07) is 3.31. The number of halogens is 1. The van der Waals surface area contributed by atoms with Gasteiger partial charge in [-0.3, -0.25) is 4.79 Å². The van der Waals surface area contributed by atoms with Crippen molar-refractivity contribution in [2.45, 2.75) is 26.8 Å². The highest BCUT2D eigenvalue weighted by Crippen LogP contribution is 2.12. The number of rotatable bonds is 6. The summed E-state index contributed by atoms with van der Waals surface area (Å²) >= 11 is 5.88. The Hall–Kier alpha value is -1.13. The van der Waals surface area contributed by atoms with Gasteiger partial charge in [0, 0.05) is 12.8 Å². The van der Waals surface area contributed by atoms with Crippen LogP contribution >= 0.6 is 11.6 Å². The quantitative estimate of drug-likeness (QED) is 0.808. The van der Waals surface area contributed by atoms with Gasteiger partial charge in [-0.05, 0) is 25.0 Å². The normalized spacial score (nSPS) is 12.5. The molecule has 0 saturated heterocycles. The number of carbonyl (C=O) groups excluding carboxylic acids is 1. The summed E-state index contributed by atoms with van der Waals surface area (Å²) in [5.41, 5.74) is 0.390. The predicted octanol–water partition coefficient (Wildman–Crippen LogP) is 2.53. The van der Waals surface area contributed by atoms with E-state index in [9.17, 15) is 4.79 Å². The molecule has 1 N–H and O–H groups in total. The van der Waals surface area contributed by atoms with Gasteiger partial charge in [0.2, 0.25) is 0 Å². The molecule has 0 aliphatic carbocycles. The molecule has 5 heteroatoms. The second-order valence-electron chi connectivity index (χ2n) is 4.33. The molecule has 0 aliphatic heterocycles. The minimum atomic E-state index is -0.216. The number of carbonyl (C=O) groups is 1. The summed E-state index contributed by atoms with van der Waals surface area (Å²) in [5.74, 6) is 0.0717. The van der Waals surface area contributed by atoms with Crippen molar-refractivity contribution >= 4 is 17.5 Å².